The zero-order valence-corrected chi connectivity index (χ0v) is 12.4. The molecule has 0 saturated heterocycles. The van der Waals surface area contributed by atoms with Gasteiger partial charge in [0.1, 0.15) is 5.82 Å². The molecule has 0 atom stereocenters. The van der Waals surface area contributed by atoms with E-state index < -0.39 is 0 Å². The molecular formula is C18H20N2. The molecule has 0 aliphatic heterocycles. The van der Waals surface area contributed by atoms with E-state index in [0.29, 0.717) is 0 Å². The van der Waals surface area contributed by atoms with Crippen LogP contribution in [0.5, 0.6) is 0 Å². The van der Waals surface area contributed by atoms with Gasteiger partial charge in [-0.2, -0.15) is 0 Å². The summed E-state index contributed by atoms with van der Waals surface area (Å²) in [4.78, 5) is 6.56. The number of nitrogens with zero attached hydrogens (tertiary/aromatic N) is 2. The first kappa shape index (κ1) is 14.1. The molecule has 20 heavy (non-hydrogen) atoms. The number of aromatic nitrogens is 1. The van der Waals surface area contributed by atoms with Crippen LogP contribution >= 0.6 is 0 Å². The van der Waals surface area contributed by atoms with Crippen LogP contribution in [-0.2, 0) is 0 Å². The van der Waals surface area contributed by atoms with Gasteiger partial charge in [0, 0.05) is 17.6 Å². The van der Waals surface area contributed by atoms with Crippen LogP contribution in [0.25, 0.3) is 0 Å². The van der Waals surface area contributed by atoms with Crippen molar-refractivity contribution in [3.05, 3.63) is 78.1 Å². The molecule has 0 radical (unpaired) electrons. The van der Waals surface area contributed by atoms with Gasteiger partial charge in [-0.15, -0.1) is 0 Å². The minimum atomic E-state index is 0.857. The number of aryl methyl sites for hydroxylation is 2. The van der Waals surface area contributed by atoms with Crippen molar-refractivity contribution < 1.29 is 0 Å². The molecule has 1 aromatic carbocycles. The van der Waals surface area contributed by atoms with Gasteiger partial charge in [-0.05, 0) is 50.1 Å². The van der Waals surface area contributed by atoms with E-state index >= 15 is 0 Å². The fourth-order valence-electron chi connectivity index (χ4n) is 2.00. The molecule has 1 aromatic heterocycles. The molecule has 0 unspecified atom stereocenters. The van der Waals surface area contributed by atoms with Gasteiger partial charge in [0.15, 0.2) is 0 Å². The van der Waals surface area contributed by atoms with Gasteiger partial charge in [0.05, 0.1) is 0 Å². The second-order valence-electron chi connectivity index (χ2n) is 5.04. The first-order chi connectivity index (χ1) is 9.50. The van der Waals surface area contributed by atoms with E-state index in [-0.39, 0.29) is 0 Å². The molecule has 0 fully saturated rings. The highest BCUT2D eigenvalue weighted by Gasteiger charge is 2.16. The van der Waals surface area contributed by atoms with E-state index in [4.69, 9.17) is 0 Å². The van der Waals surface area contributed by atoms with Crippen LogP contribution in [0, 0.1) is 13.8 Å². The summed E-state index contributed by atoms with van der Waals surface area (Å²) >= 11 is 0. The minimum Gasteiger partial charge on any atom is -0.295 e. The Labute approximate surface area is 121 Å². The van der Waals surface area contributed by atoms with Crippen LogP contribution in [0.3, 0.4) is 0 Å². The van der Waals surface area contributed by atoms with E-state index in [2.05, 4.69) is 67.2 Å². The minimum absolute atomic E-state index is 0.857. The Balaban J connectivity index is 2.56. The summed E-state index contributed by atoms with van der Waals surface area (Å²) in [6, 6.07) is 12.3. The normalized spacial score (nSPS) is 10.2. The number of pyridine rings is 1. The molecular weight excluding hydrogens is 244 g/mol. The first-order valence-corrected chi connectivity index (χ1v) is 6.64. The monoisotopic (exact) mass is 264 g/mol. The van der Waals surface area contributed by atoms with Crippen LogP contribution in [0.2, 0.25) is 0 Å². The quantitative estimate of drug-likeness (QED) is 0.728. The maximum Gasteiger partial charge on any atom is 0.140 e. The van der Waals surface area contributed by atoms with Gasteiger partial charge in [0.2, 0.25) is 0 Å². The predicted molar refractivity (Wildman–Crippen MR) is 86.2 cm³/mol. The highest BCUT2D eigenvalue weighted by atomic mass is 15.2. The van der Waals surface area contributed by atoms with Gasteiger partial charge in [-0.3, -0.25) is 4.90 Å². The Hall–Kier alpha value is -2.35. The van der Waals surface area contributed by atoms with Gasteiger partial charge in [-0.1, -0.05) is 36.9 Å². The summed E-state index contributed by atoms with van der Waals surface area (Å²) < 4.78 is 0. The lowest BCUT2D eigenvalue weighted by Gasteiger charge is -2.27. The van der Waals surface area contributed by atoms with Crippen molar-refractivity contribution in [2.75, 3.05) is 4.90 Å². The van der Waals surface area contributed by atoms with Gasteiger partial charge >= 0.3 is 0 Å². The summed E-state index contributed by atoms with van der Waals surface area (Å²) in [6.07, 6.45) is 1.80. The summed E-state index contributed by atoms with van der Waals surface area (Å²) in [7, 11) is 0. The van der Waals surface area contributed by atoms with Crippen molar-refractivity contribution >= 4 is 11.5 Å². The Morgan fingerprint density at radius 2 is 1.70 bits per heavy atom. The van der Waals surface area contributed by atoms with E-state index in [1.165, 1.54) is 5.56 Å². The van der Waals surface area contributed by atoms with Crippen molar-refractivity contribution in [1.82, 2.24) is 4.98 Å². The standard InChI is InChI=1S/C18H20N2/c1-13(2)16(5)20(17-10-8-14(3)9-11-17)18-15(4)7-6-12-19-18/h6-12H,1,5H2,2-4H3. The largest absolute Gasteiger partial charge is 0.295 e. The summed E-state index contributed by atoms with van der Waals surface area (Å²) in [5.41, 5.74) is 5.17. The van der Waals surface area contributed by atoms with E-state index in [1.807, 2.05) is 13.0 Å². The summed E-state index contributed by atoms with van der Waals surface area (Å²) in [5.74, 6) is 0.893. The number of hydrogen-bond donors (Lipinski definition) is 0. The van der Waals surface area contributed by atoms with Gasteiger partial charge in [0.25, 0.3) is 0 Å². The Morgan fingerprint density at radius 1 is 1.05 bits per heavy atom. The molecule has 0 N–H and O–H groups in total. The second kappa shape index (κ2) is 5.74. The van der Waals surface area contributed by atoms with Crippen molar-refractivity contribution in [2.24, 2.45) is 0 Å². The Morgan fingerprint density at radius 3 is 2.25 bits per heavy atom. The number of rotatable bonds is 4. The molecule has 2 nitrogen and oxygen atoms in total. The molecule has 2 heteroatoms. The molecule has 1 heterocycles. The van der Waals surface area contributed by atoms with E-state index in [0.717, 1.165) is 28.3 Å². The first-order valence-electron chi connectivity index (χ1n) is 6.64. The van der Waals surface area contributed by atoms with E-state index in [9.17, 15) is 0 Å². The Bertz CT molecular complexity index is 639. The number of benzene rings is 1. The van der Waals surface area contributed by atoms with Crippen LogP contribution in [0.15, 0.2) is 67.0 Å². The van der Waals surface area contributed by atoms with Crippen LogP contribution in [-0.4, -0.2) is 4.98 Å². The predicted octanol–water partition coefficient (Wildman–Crippen LogP) is 4.93. The summed E-state index contributed by atoms with van der Waals surface area (Å²) in [6.45, 7) is 14.3. The van der Waals surface area contributed by atoms with Crippen LogP contribution in [0.4, 0.5) is 11.5 Å². The smallest absolute Gasteiger partial charge is 0.140 e. The van der Waals surface area contributed by atoms with E-state index in [1.54, 1.807) is 6.20 Å². The molecule has 2 aromatic rings. The van der Waals surface area contributed by atoms with Crippen molar-refractivity contribution in [3.8, 4) is 0 Å². The molecule has 0 spiro atoms. The topological polar surface area (TPSA) is 16.1 Å². The van der Waals surface area contributed by atoms with Crippen molar-refractivity contribution in [3.63, 3.8) is 0 Å². The zero-order chi connectivity index (χ0) is 14.7. The van der Waals surface area contributed by atoms with Crippen LogP contribution < -0.4 is 4.90 Å². The maximum absolute atomic E-state index is 4.50. The SMILES string of the molecule is C=C(C)C(=C)N(c1ccc(C)cc1)c1ncccc1C. The van der Waals surface area contributed by atoms with Crippen LogP contribution in [0.1, 0.15) is 18.1 Å². The average molecular weight is 264 g/mol. The number of hydrogen-bond acceptors (Lipinski definition) is 2. The molecule has 0 aliphatic carbocycles. The lowest BCUT2D eigenvalue weighted by molar-refractivity contribution is 1.09. The highest BCUT2D eigenvalue weighted by Crippen LogP contribution is 2.32. The van der Waals surface area contributed by atoms with Gasteiger partial charge in [-0.25, -0.2) is 4.98 Å². The maximum atomic E-state index is 4.50. The number of allylic oxidation sites excluding steroid dienone is 1. The zero-order valence-electron chi connectivity index (χ0n) is 12.4. The lowest BCUT2D eigenvalue weighted by Crippen LogP contribution is -2.18. The third kappa shape index (κ3) is 2.80. The molecule has 2 rings (SSSR count). The van der Waals surface area contributed by atoms with Crippen molar-refractivity contribution in [1.29, 1.82) is 0 Å². The fourth-order valence-corrected chi connectivity index (χ4v) is 2.00. The average Bonchev–Trinajstić information content (AvgIpc) is 2.43. The third-order valence-corrected chi connectivity index (χ3v) is 3.25. The molecule has 102 valence electrons. The molecule has 0 saturated carbocycles. The highest BCUT2D eigenvalue weighted by molar-refractivity contribution is 5.70. The molecule has 0 aliphatic rings. The Kier molecular flexibility index (Phi) is 4.04. The molecule has 0 amide bonds. The fraction of sp³-hybridized carbons (Fsp3) is 0.167. The summed E-state index contributed by atoms with van der Waals surface area (Å²) in [5, 5.41) is 0. The van der Waals surface area contributed by atoms with Crippen molar-refractivity contribution in [2.45, 2.75) is 20.8 Å². The number of anilines is 2. The second-order valence-corrected chi connectivity index (χ2v) is 5.04. The van der Waals surface area contributed by atoms with Gasteiger partial charge < -0.3 is 0 Å². The third-order valence-electron chi connectivity index (χ3n) is 3.25. The lowest BCUT2D eigenvalue weighted by atomic mass is 10.1. The molecule has 0 bridgehead atoms.